The Bertz CT molecular complexity index is 715. The van der Waals surface area contributed by atoms with Crippen LogP contribution in [0, 0.1) is 11.8 Å². The number of fused-ring (bicyclic) bond motifs is 1. The molecule has 2 aromatic heterocycles. The fourth-order valence-corrected chi connectivity index (χ4v) is 3.94. The van der Waals surface area contributed by atoms with E-state index in [0.717, 1.165) is 24.2 Å². The number of hydrogen-bond acceptors (Lipinski definition) is 5. The summed E-state index contributed by atoms with van der Waals surface area (Å²) in [5.41, 5.74) is 6.72. The molecule has 3 unspecified atom stereocenters. The van der Waals surface area contributed by atoms with Gasteiger partial charge in [0.25, 0.3) is 0 Å². The zero-order chi connectivity index (χ0) is 15.9. The minimum absolute atomic E-state index is 0.0599. The minimum atomic E-state index is -0.0985. The van der Waals surface area contributed by atoms with Crippen molar-refractivity contribution in [1.29, 1.82) is 0 Å². The van der Waals surface area contributed by atoms with Crippen molar-refractivity contribution >= 4 is 33.2 Å². The van der Waals surface area contributed by atoms with E-state index < -0.39 is 0 Å². The van der Waals surface area contributed by atoms with Crippen molar-refractivity contribution < 1.29 is 9.53 Å². The molecule has 0 spiro atoms. The molecule has 2 N–H and O–H groups in total. The van der Waals surface area contributed by atoms with E-state index in [9.17, 15) is 4.79 Å². The van der Waals surface area contributed by atoms with E-state index in [0.29, 0.717) is 17.0 Å². The zero-order valence-electron chi connectivity index (χ0n) is 12.6. The standard InChI is InChI=1S/C15H19BrN4O2/c1-3-22-15(21)10-7-9(6-8(10)2)14-19-12(16)11-13(17)18-4-5-20(11)14/h4-5,8-10H,3,6-7H2,1-2H3,(H2,17,18). The Kier molecular flexibility index (Phi) is 4.08. The molecule has 118 valence electrons. The zero-order valence-corrected chi connectivity index (χ0v) is 14.2. The molecule has 6 nitrogen and oxygen atoms in total. The summed E-state index contributed by atoms with van der Waals surface area (Å²) in [5, 5.41) is 0. The molecule has 3 atom stereocenters. The van der Waals surface area contributed by atoms with Crippen molar-refractivity contribution in [2.75, 3.05) is 12.3 Å². The summed E-state index contributed by atoms with van der Waals surface area (Å²) < 4.78 is 7.85. The molecule has 0 radical (unpaired) electrons. The first-order valence-electron chi connectivity index (χ1n) is 7.47. The maximum atomic E-state index is 12.1. The lowest BCUT2D eigenvalue weighted by Crippen LogP contribution is -2.19. The van der Waals surface area contributed by atoms with E-state index in [2.05, 4.69) is 32.8 Å². The van der Waals surface area contributed by atoms with E-state index in [-0.39, 0.29) is 23.7 Å². The SMILES string of the molecule is CCOC(=O)C1CC(c2nc(Br)c3c(N)nccn23)CC1C. The van der Waals surface area contributed by atoms with Crippen molar-refractivity contribution in [2.45, 2.75) is 32.6 Å². The van der Waals surface area contributed by atoms with Gasteiger partial charge in [0, 0.05) is 18.3 Å². The Balaban J connectivity index is 1.93. The molecule has 0 saturated heterocycles. The molecule has 1 fully saturated rings. The van der Waals surface area contributed by atoms with Gasteiger partial charge in [-0.1, -0.05) is 6.92 Å². The molecule has 2 heterocycles. The lowest BCUT2D eigenvalue weighted by molar-refractivity contribution is -0.149. The molecule has 1 aliphatic carbocycles. The normalized spacial score (nSPS) is 24.8. The molecule has 0 aliphatic heterocycles. The predicted octanol–water partition coefficient (Wildman–Crippen LogP) is 2.77. The van der Waals surface area contributed by atoms with Gasteiger partial charge in [-0.25, -0.2) is 9.97 Å². The van der Waals surface area contributed by atoms with Gasteiger partial charge in [-0.05, 0) is 41.6 Å². The van der Waals surface area contributed by atoms with Crippen LogP contribution in [0.5, 0.6) is 0 Å². The maximum Gasteiger partial charge on any atom is 0.309 e. The van der Waals surface area contributed by atoms with Crippen LogP contribution in [0.3, 0.4) is 0 Å². The van der Waals surface area contributed by atoms with Crippen LogP contribution in [0.1, 0.15) is 38.4 Å². The second kappa shape index (κ2) is 5.87. The first kappa shape index (κ1) is 15.3. The van der Waals surface area contributed by atoms with Crippen LogP contribution in [0.15, 0.2) is 17.0 Å². The highest BCUT2D eigenvalue weighted by Crippen LogP contribution is 2.43. The van der Waals surface area contributed by atoms with Crippen molar-refractivity contribution in [3.63, 3.8) is 0 Å². The van der Waals surface area contributed by atoms with Gasteiger partial charge in [-0.2, -0.15) is 0 Å². The Morgan fingerprint density at radius 3 is 3.05 bits per heavy atom. The van der Waals surface area contributed by atoms with Crippen molar-refractivity contribution in [2.24, 2.45) is 11.8 Å². The van der Waals surface area contributed by atoms with Gasteiger partial charge < -0.3 is 10.5 Å². The lowest BCUT2D eigenvalue weighted by Gasteiger charge is -2.12. The molecule has 3 rings (SSSR count). The van der Waals surface area contributed by atoms with Crippen LogP contribution < -0.4 is 5.73 Å². The monoisotopic (exact) mass is 366 g/mol. The molecule has 22 heavy (non-hydrogen) atoms. The number of imidazole rings is 1. The number of nitrogen functional groups attached to an aromatic ring is 1. The van der Waals surface area contributed by atoms with E-state index in [1.807, 2.05) is 17.5 Å². The number of nitrogens with two attached hydrogens (primary N) is 1. The van der Waals surface area contributed by atoms with Crippen molar-refractivity contribution in [3.8, 4) is 0 Å². The Morgan fingerprint density at radius 2 is 2.32 bits per heavy atom. The number of rotatable bonds is 3. The van der Waals surface area contributed by atoms with Crippen LogP contribution in [0.2, 0.25) is 0 Å². The van der Waals surface area contributed by atoms with Gasteiger partial charge >= 0.3 is 5.97 Å². The highest BCUT2D eigenvalue weighted by molar-refractivity contribution is 9.10. The maximum absolute atomic E-state index is 12.1. The van der Waals surface area contributed by atoms with E-state index in [4.69, 9.17) is 10.5 Å². The van der Waals surface area contributed by atoms with Gasteiger partial charge in [-0.15, -0.1) is 0 Å². The molecule has 0 amide bonds. The summed E-state index contributed by atoms with van der Waals surface area (Å²) in [6.07, 6.45) is 5.20. The summed E-state index contributed by atoms with van der Waals surface area (Å²) in [6.45, 7) is 4.36. The molecule has 1 aliphatic rings. The fourth-order valence-electron chi connectivity index (χ4n) is 3.37. The van der Waals surface area contributed by atoms with E-state index in [1.165, 1.54) is 0 Å². The van der Waals surface area contributed by atoms with Gasteiger partial charge in [0.1, 0.15) is 15.9 Å². The second-order valence-corrected chi connectivity index (χ2v) is 6.55. The third-order valence-electron chi connectivity index (χ3n) is 4.40. The molecule has 1 saturated carbocycles. The van der Waals surface area contributed by atoms with Crippen LogP contribution >= 0.6 is 15.9 Å². The third kappa shape index (κ3) is 2.47. The van der Waals surface area contributed by atoms with Gasteiger partial charge in [0.05, 0.1) is 12.5 Å². The largest absolute Gasteiger partial charge is 0.466 e. The first-order valence-corrected chi connectivity index (χ1v) is 8.26. The fraction of sp³-hybridized carbons (Fsp3) is 0.533. The topological polar surface area (TPSA) is 82.5 Å². The number of nitrogens with zero attached hydrogens (tertiary/aromatic N) is 3. The van der Waals surface area contributed by atoms with Gasteiger partial charge in [-0.3, -0.25) is 9.20 Å². The first-order chi connectivity index (χ1) is 10.5. The number of aromatic nitrogens is 3. The molecule has 0 aromatic carbocycles. The number of carbonyl (C=O) groups excluding carboxylic acids is 1. The number of ether oxygens (including phenoxy) is 1. The lowest BCUT2D eigenvalue weighted by atomic mass is 9.99. The number of carbonyl (C=O) groups is 1. The molecule has 0 bridgehead atoms. The second-order valence-electron chi connectivity index (χ2n) is 5.80. The van der Waals surface area contributed by atoms with Crippen LogP contribution in [-0.4, -0.2) is 26.9 Å². The van der Waals surface area contributed by atoms with E-state index in [1.54, 1.807) is 6.20 Å². The quantitative estimate of drug-likeness (QED) is 0.844. The summed E-state index contributed by atoms with van der Waals surface area (Å²) in [7, 11) is 0. The smallest absolute Gasteiger partial charge is 0.309 e. The summed E-state index contributed by atoms with van der Waals surface area (Å²) in [4.78, 5) is 20.8. The average molecular weight is 367 g/mol. The number of hydrogen-bond donors (Lipinski definition) is 1. The highest BCUT2D eigenvalue weighted by atomic mass is 79.9. The van der Waals surface area contributed by atoms with Gasteiger partial charge in [0.2, 0.25) is 0 Å². The molecule has 7 heteroatoms. The van der Waals surface area contributed by atoms with Crippen molar-refractivity contribution in [1.82, 2.24) is 14.4 Å². The van der Waals surface area contributed by atoms with E-state index >= 15 is 0 Å². The van der Waals surface area contributed by atoms with Gasteiger partial charge in [0.15, 0.2) is 5.82 Å². The minimum Gasteiger partial charge on any atom is -0.466 e. The highest BCUT2D eigenvalue weighted by Gasteiger charge is 2.39. The molecular formula is C15H19BrN4O2. The Labute approximate surface area is 137 Å². The summed E-state index contributed by atoms with van der Waals surface area (Å²) in [6, 6.07) is 0. The Hall–Kier alpha value is -1.63. The Morgan fingerprint density at radius 1 is 1.55 bits per heavy atom. The van der Waals surface area contributed by atoms with Crippen molar-refractivity contribution in [3.05, 3.63) is 22.8 Å². The average Bonchev–Trinajstić information content (AvgIpc) is 3.01. The number of anilines is 1. The van der Waals surface area contributed by atoms with Crippen LogP contribution in [0.25, 0.3) is 5.52 Å². The molecular weight excluding hydrogens is 348 g/mol. The summed E-state index contributed by atoms with van der Waals surface area (Å²) in [5.74, 6) is 1.71. The number of halogens is 1. The summed E-state index contributed by atoms with van der Waals surface area (Å²) >= 11 is 3.46. The van der Waals surface area contributed by atoms with Crippen LogP contribution in [0.4, 0.5) is 5.82 Å². The number of esters is 1. The van der Waals surface area contributed by atoms with Crippen LogP contribution in [-0.2, 0) is 9.53 Å². The third-order valence-corrected chi connectivity index (χ3v) is 4.96. The molecule has 2 aromatic rings. The predicted molar refractivity (Wildman–Crippen MR) is 86.4 cm³/mol.